The fourth-order valence-corrected chi connectivity index (χ4v) is 2.06. The van der Waals surface area contributed by atoms with Gasteiger partial charge in [0.2, 0.25) is 5.91 Å². The van der Waals surface area contributed by atoms with Gasteiger partial charge >= 0.3 is 0 Å². The van der Waals surface area contributed by atoms with Gasteiger partial charge in [0.15, 0.2) is 5.82 Å². The lowest BCUT2D eigenvalue weighted by Gasteiger charge is -2.05. The molecule has 104 valence electrons. The van der Waals surface area contributed by atoms with Gasteiger partial charge in [-0.2, -0.15) is 0 Å². The number of carbonyl (C=O) groups is 1. The lowest BCUT2D eigenvalue weighted by Crippen LogP contribution is -2.05. The van der Waals surface area contributed by atoms with Gasteiger partial charge < -0.3 is 5.32 Å². The van der Waals surface area contributed by atoms with Crippen molar-refractivity contribution in [2.45, 2.75) is 6.92 Å². The quantitative estimate of drug-likeness (QED) is 0.783. The van der Waals surface area contributed by atoms with Crippen LogP contribution in [-0.4, -0.2) is 15.9 Å². The molecule has 1 N–H and O–H groups in total. The molecule has 1 amide bonds. The average molecular weight is 281 g/mol. The van der Waals surface area contributed by atoms with Gasteiger partial charge in [-0.3, -0.25) is 4.79 Å². The Labute approximate surface area is 120 Å². The smallest absolute Gasteiger partial charge is 0.221 e. The number of hydrogen-bond acceptors (Lipinski definition) is 3. The Hall–Kier alpha value is -2.82. The molecule has 0 fully saturated rings. The summed E-state index contributed by atoms with van der Waals surface area (Å²) in [5.74, 6) is 0.0581. The molecule has 2 aromatic carbocycles. The normalized spacial score (nSPS) is 10.6. The van der Waals surface area contributed by atoms with Crippen LogP contribution in [-0.2, 0) is 4.79 Å². The fourth-order valence-electron chi connectivity index (χ4n) is 2.06. The lowest BCUT2D eigenvalue weighted by atomic mass is 10.1. The second-order valence-corrected chi connectivity index (χ2v) is 4.62. The number of amides is 1. The minimum atomic E-state index is -0.333. The van der Waals surface area contributed by atoms with Gasteiger partial charge in [-0.15, -0.1) is 0 Å². The average Bonchev–Trinajstić information content (AvgIpc) is 2.47. The number of anilines is 1. The molecule has 0 aliphatic heterocycles. The zero-order valence-corrected chi connectivity index (χ0v) is 11.3. The standard InChI is InChI=1S/C16H12FN3O/c1-10(21)19-12-7-5-11(6-8-12)16-18-9-13-14(17)3-2-4-15(13)20-16/h2-9H,1H3,(H,19,21). The summed E-state index contributed by atoms with van der Waals surface area (Å²) >= 11 is 0. The molecule has 21 heavy (non-hydrogen) atoms. The van der Waals surface area contributed by atoms with Crippen molar-refractivity contribution < 1.29 is 9.18 Å². The van der Waals surface area contributed by atoms with Gasteiger partial charge in [0.25, 0.3) is 0 Å². The van der Waals surface area contributed by atoms with Crippen LogP contribution in [0.1, 0.15) is 6.92 Å². The minimum Gasteiger partial charge on any atom is -0.326 e. The molecule has 0 aliphatic carbocycles. The summed E-state index contributed by atoms with van der Waals surface area (Å²) in [6, 6.07) is 11.9. The maximum absolute atomic E-state index is 13.6. The number of nitrogens with one attached hydrogen (secondary N) is 1. The first-order chi connectivity index (χ1) is 10.1. The highest BCUT2D eigenvalue weighted by Crippen LogP contribution is 2.21. The molecule has 0 unspecified atom stereocenters. The van der Waals surface area contributed by atoms with E-state index in [0.717, 1.165) is 5.56 Å². The SMILES string of the molecule is CC(=O)Nc1ccc(-c2ncc3c(F)cccc3n2)cc1. The second kappa shape index (κ2) is 5.28. The van der Waals surface area contributed by atoms with Gasteiger partial charge in [-0.05, 0) is 36.4 Å². The topological polar surface area (TPSA) is 54.9 Å². The Morgan fingerprint density at radius 3 is 2.62 bits per heavy atom. The number of rotatable bonds is 2. The van der Waals surface area contributed by atoms with Crippen molar-refractivity contribution in [3.63, 3.8) is 0 Å². The van der Waals surface area contributed by atoms with Crippen LogP contribution in [0.3, 0.4) is 0 Å². The molecular formula is C16H12FN3O. The number of carbonyl (C=O) groups excluding carboxylic acids is 1. The third-order valence-electron chi connectivity index (χ3n) is 3.04. The summed E-state index contributed by atoms with van der Waals surface area (Å²) in [6.07, 6.45) is 1.48. The van der Waals surface area contributed by atoms with E-state index in [1.165, 1.54) is 19.2 Å². The molecular weight excluding hydrogens is 269 g/mol. The van der Waals surface area contributed by atoms with Crippen molar-refractivity contribution >= 4 is 22.5 Å². The third kappa shape index (κ3) is 2.72. The van der Waals surface area contributed by atoms with Crippen molar-refractivity contribution in [2.24, 2.45) is 0 Å². The molecule has 0 aliphatic rings. The Morgan fingerprint density at radius 1 is 1.14 bits per heavy atom. The first kappa shape index (κ1) is 13.2. The predicted octanol–water partition coefficient (Wildman–Crippen LogP) is 3.39. The summed E-state index contributed by atoms with van der Waals surface area (Å²) in [7, 11) is 0. The molecule has 0 radical (unpaired) electrons. The van der Waals surface area contributed by atoms with Crippen LogP contribution in [0.5, 0.6) is 0 Å². The van der Waals surface area contributed by atoms with E-state index >= 15 is 0 Å². The van der Waals surface area contributed by atoms with E-state index in [1.807, 2.05) is 12.1 Å². The summed E-state index contributed by atoms with van der Waals surface area (Å²) in [6.45, 7) is 1.45. The molecule has 4 nitrogen and oxygen atoms in total. The van der Waals surface area contributed by atoms with E-state index in [0.29, 0.717) is 22.4 Å². The zero-order chi connectivity index (χ0) is 14.8. The van der Waals surface area contributed by atoms with E-state index < -0.39 is 0 Å². The molecule has 0 atom stereocenters. The van der Waals surface area contributed by atoms with Crippen LogP contribution in [0, 0.1) is 5.82 Å². The predicted molar refractivity (Wildman–Crippen MR) is 79.2 cm³/mol. The lowest BCUT2D eigenvalue weighted by molar-refractivity contribution is -0.114. The third-order valence-corrected chi connectivity index (χ3v) is 3.04. The minimum absolute atomic E-state index is 0.125. The molecule has 0 saturated heterocycles. The Balaban J connectivity index is 1.98. The summed E-state index contributed by atoms with van der Waals surface area (Å²) in [5, 5.41) is 3.09. The van der Waals surface area contributed by atoms with Crippen LogP contribution in [0.25, 0.3) is 22.3 Å². The fraction of sp³-hybridized carbons (Fsp3) is 0.0625. The highest BCUT2D eigenvalue weighted by molar-refractivity contribution is 5.89. The Bertz CT molecular complexity index is 815. The van der Waals surface area contributed by atoms with E-state index in [1.54, 1.807) is 24.3 Å². The molecule has 0 bridgehead atoms. The molecule has 1 heterocycles. The number of hydrogen-bond donors (Lipinski definition) is 1. The largest absolute Gasteiger partial charge is 0.326 e. The van der Waals surface area contributed by atoms with Crippen molar-refractivity contribution in [3.8, 4) is 11.4 Å². The van der Waals surface area contributed by atoms with Gasteiger partial charge in [0.05, 0.1) is 10.9 Å². The molecule has 5 heteroatoms. The first-order valence-electron chi connectivity index (χ1n) is 6.43. The van der Waals surface area contributed by atoms with Crippen LogP contribution < -0.4 is 5.32 Å². The van der Waals surface area contributed by atoms with Crippen LogP contribution in [0.4, 0.5) is 10.1 Å². The maximum atomic E-state index is 13.6. The van der Waals surface area contributed by atoms with Crippen molar-refractivity contribution in [2.75, 3.05) is 5.32 Å². The number of nitrogens with zero attached hydrogens (tertiary/aromatic N) is 2. The monoisotopic (exact) mass is 281 g/mol. The first-order valence-corrected chi connectivity index (χ1v) is 6.43. The summed E-state index contributed by atoms with van der Waals surface area (Å²) < 4.78 is 13.6. The number of benzene rings is 2. The summed E-state index contributed by atoms with van der Waals surface area (Å²) in [4.78, 5) is 19.5. The van der Waals surface area contributed by atoms with Gasteiger partial charge in [0, 0.05) is 24.4 Å². The van der Waals surface area contributed by atoms with Gasteiger partial charge in [-0.1, -0.05) is 6.07 Å². The van der Waals surface area contributed by atoms with Gasteiger partial charge in [0.1, 0.15) is 5.82 Å². The zero-order valence-electron chi connectivity index (χ0n) is 11.3. The Morgan fingerprint density at radius 2 is 1.90 bits per heavy atom. The molecule has 3 aromatic rings. The number of halogens is 1. The molecule has 3 rings (SSSR count). The van der Waals surface area contributed by atoms with Crippen molar-refractivity contribution in [3.05, 3.63) is 54.5 Å². The maximum Gasteiger partial charge on any atom is 0.221 e. The van der Waals surface area contributed by atoms with Crippen LogP contribution >= 0.6 is 0 Å². The van der Waals surface area contributed by atoms with Crippen LogP contribution in [0.2, 0.25) is 0 Å². The van der Waals surface area contributed by atoms with E-state index in [2.05, 4.69) is 15.3 Å². The van der Waals surface area contributed by atoms with E-state index in [9.17, 15) is 9.18 Å². The van der Waals surface area contributed by atoms with Crippen molar-refractivity contribution in [1.82, 2.24) is 9.97 Å². The van der Waals surface area contributed by atoms with Crippen molar-refractivity contribution in [1.29, 1.82) is 0 Å². The molecule has 1 aromatic heterocycles. The Kier molecular flexibility index (Phi) is 3.31. The summed E-state index contributed by atoms with van der Waals surface area (Å²) in [5.41, 5.74) is 2.07. The highest BCUT2D eigenvalue weighted by atomic mass is 19.1. The molecule has 0 spiro atoms. The molecule has 0 saturated carbocycles. The van der Waals surface area contributed by atoms with Gasteiger partial charge in [-0.25, -0.2) is 14.4 Å². The second-order valence-electron chi connectivity index (χ2n) is 4.62. The van der Waals surface area contributed by atoms with E-state index in [-0.39, 0.29) is 11.7 Å². The number of fused-ring (bicyclic) bond motifs is 1. The van der Waals surface area contributed by atoms with Crippen LogP contribution in [0.15, 0.2) is 48.7 Å². The van der Waals surface area contributed by atoms with E-state index in [4.69, 9.17) is 0 Å². The number of aromatic nitrogens is 2. The highest BCUT2D eigenvalue weighted by Gasteiger charge is 2.06.